The Hall–Kier alpha value is -3.41. The Bertz CT molecular complexity index is 880. The molecule has 0 fully saturated rings. The van der Waals surface area contributed by atoms with Crippen LogP contribution in [-0.4, -0.2) is 18.0 Å². The molecule has 0 saturated carbocycles. The standard InChI is InChI=1S/C20H18FN3O2/c1-26-18-8-5-14(6-9-18)12-22-17-7-10-19(23-13-17)20(25)24-16-4-2-3-15(21)11-16/h2-11,13,22H,12H2,1H3,(H,24,25). The molecule has 132 valence electrons. The summed E-state index contributed by atoms with van der Waals surface area (Å²) >= 11 is 0. The first-order valence-corrected chi connectivity index (χ1v) is 8.04. The second-order valence-corrected chi connectivity index (χ2v) is 5.60. The number of ether oxygens (including phenoxy) is 1. The van der Waals surface area contributed by atoms with Crippen molar-refractivity contribution >= 4 is 17.3 Å². The molecule has 1 heterocycles. The normalized spacial score (nSPS) is 10.2. The quantitative estimate of drug-likeness (QED) is 0.702. The van der Waals surface area contributed by atoms with Crippen molar-refractivity contribution in [3.63, 3.8) is 0 Å². The first kappa shape index (κ1) is 17.4. The molecule has 1 amide bonds. The number of halogens is 1. The van der Waals surface area contributed by atoms with Gasteiger partial charge < -0.3 is 15.4 Å². The Labute approximate surface area is 150 Å². The molecule has 0 atom stereocenters. The predicted molar refractivity (Wildman–Crippen MR) is 98.9 cm³/mol. The van der Waals surface area contributed by atoms with Gasteiger partial charge in [0, 0.05) is 12.2 Å². The summed E-state index contributed by atoms with van der Waals surface area (Å²) in [5.74, 6) is 0.00947. The number of benzene rings is 2. The Morgan fingerprint density at radius 2 is 1.88 bits per heavy atom. The highest BCUT2D eigenvalue weighted by molar-refractivity contribution is 6.02. The van der Waals surface area contributed by atoms with Gasteiger partial charge in [-0.05, 0) is 48.0 Å². The zero-order valence-electron chi connectivity index (χ0n) is 14.2. The maximum atomic E-state index is 13.2. The molecule has 0 unspecified atom stereocenters. The Morgan fingerprint density at radius 1 is 1.08 bits per heavy atom. The van der Waals surface area contributed by atoms with Gasteiger partial charge in [-0.2, -0.15) is 0 Å². The minimum absolute atomic E-state index is 0.254. The van der Waals surface area contributed by atoms with Gasteiger partial charge in [-0.15, -0.1) is 0 Å². The van der Waals surface area contributed by atoms with Gasteiger partial charge in [-0.1, -0.05) is 18.2 Å². The zero-order chi connectivity index (χ0) is 18.4. The third-order valence-electron chi connectivity index (χ3n) is 3.73. The number of hydrogen-bond acceptors (Lipinski definition) is 4. The molecule has 0 spiro atoms. The van der Waals surface area contributed by atoms with Gasteiger partial charge in [-0.25, -0.2) is 9.37 Å². The summed E-state index contributed by atoms with van der Waals surface area (Å²) in [7, 11) is 1.63. The number of methoxy groups -OCH3 is 1. The van der Waals surface area contributed by atoms with Crippen LogP contribution < -0.4 is 15.4 Å². The number of carbonyl (C=O) groups is 1. The van der Waals surface area contributed by atoms with Gasteiger partial charge in [0.25, 0.3) is 5.91 Å². The van der Waals surface area contributed by atoms with Gasteiger partial charge in [0.2, 0.25) is 0 Å². The van der Waals surface area contributed by atoms with E-state index < -0.39 is 11.7 Å². The second-order valence-electron chi connectivity index (χ2n) is 5.60. The number of carbonyl (C=O) groups excluding carboxylic acids is 1. The number of amides is 1. The zero-order valence-corrected chi connectivity index (χ0v) is 14.2. The number of nitrogens with zero attached hydrogens (tertiary/aromatic N) is 1. The minimum atomic E-state index is -0.408. The van der Waals surface area contributed by atoms with Crippen LogP contribution in [0.25, 0.3) is 0 Å². The van der Waals surface area contributed by atoms with Crippen molar-refractivity contribution in [2.45, 2.75) is 6.54 Å². The maximum Gasteiger partial charge on any atom is 0.274 e. The van der Waals surface area contributed by atoms with Crippen molar-refractivity contribution in [2.24, 2.45) is 0 Å². The highest BCUT2D eigenvalue weighted by Gasteiger charge is 2.08. The lowest BCUT2D eigenvalue weighted by Crippen LogP contribution is -2.13. The highest BCUT2D eigenvalue weighted by Crippen LogP contribution is 2.14. The fraction of sp³-hybridized carbons (Fsp3) is 0.100. The van der Waals surface area contributed by atoms with Crippen LogP contribution in [0.2, 0.25) is 0 Å². The molecule has 2 N–H and O–H groups in total. The average molecular weight is 351 g/mol. The molecule has 0 saturated heterocycles. The molecule has 0 aliphatic heterocycles. The highest BCUT2D eigenvalue weighted by atomic mass is 19.1. The fourth-order valence-electron chi connectivity index (χ4n) is 2.34. The van der Waals surface area contributed by atoms with E-state index in [1.165, 1.54) is 18.2 Å². The maximum absolute atomic E-state index is 13.2. The van der Waals surface area contributed by atoms with E-state index in [1.54, 1.807) is 31.5 Å². The molecular formula is C20H18FN3O2. The van der Waals surface area contributed by atoms with Gasteiger partial charge >= 0.3 is 0 Å². The minimum Gasteiger partial charge on any atom is -0.497 e. The summed E-state index contributed by atoms with van der Waals surface area (Å²) in [6, 6.07) is 16.8. The van der Waals surface area contributed by atoms with Crippen molar-refractivity contribution in [2.75, 3.05) is 17.7 Å². The fourth-order valence-corrected chi connectivity index (χ4v) is 2.34. The number of rotatable bonds is 6. The Balaban J connectivity index is 1.57. The lowest BCUT2D eigenvalue weighted by Gasteiger charge is -2.08. The molecule has 0 radical (unpaired) electrons. The van der Waals surface area contributed by atoms with E-state index in [4.69, 9.17) is 4.74 Å². The molecule has 3 aromatic rings. The largest absolute Gasteiger partial charge is 0.497 e. The van der Waals surface area contributed by atoms with Crippen LogP contribution in [0.15, 0.2) is 66.9 Å². The van der Waals surface area contributed by atoms with E-state index in [-0.39, 0.29) is 5.69 Å². The molecule has 0 aliphatic carbocycles. The summed E-state index contributed by atoms with van der Waals surface area (Å²) in [6.07, 6.45) is 1.59. The van der Waals surface area contributed by atoms with E-state index in [2.05, 4.69) is 15.6 Å². The van der Waals surface area contributed by atoms with Crippen LogP contribution in [0.5, 0.6) is 5.75 Å². The third-order valence-corrected chi connectivity index (χ3v) is 3.73. The molecular weight excluding hydrogens is 333 g/mol. The van der Waals surface area contributed by atoms with Crippen LogP contribution in [0.3, 0.4) is 0 Å². The van der Waals surface area contributed by atoms with E-state index in [0.29, 0.717) is 12.2 Å². The molecule has 5 nitrogen and oxygen atoms in total. The summed E-state index contributed by atoms with van der Waals surface area (Å²) in [6.45, 7) is 0.626. The Kier molecular flexibility index (Phi) is 5.43. The molecule has 2 aromatic carbocycles. The molecule has 26 heavy (non-hydrogen) atoms. The first-order valence-electron chi connectivity index (χ1n) is 8.04. The van der Waals surface area contributed by atoms with E-state index in [0.717, 1.165) is 17.0 Å². The van der Waals surface area contributed by atoms with E-state index in [9.17, 15) is 9.18 Å². The van der Waals surface area contributed by atoms with E-state index >= 15 is 0 Å². The Morgan fingerprint density at radius 3 is 2.54 bits per heavy atom. The number of hydrogen-bond donors (Lipinski definition) is 2. The third kappa shape index (κ3) is 4.57. The van der Waals surface area contributed by atoms with Crippen LogP contribution in [-0.2, 0) is 6.54 Å². The number of pyridine rings is 1. The van der Waals surface area contributed by atoms with Gasteiger partial charge in [0.1, 0.15) is 17.3 Å². The molecule has 6 heteroatoms. The molecule has 1 aromatic heterocycles. The summed E-state index contributed by atoms with van der Waals surface area (Å²) in [5, 5.41) is 5.85. The van der Waals surface area contributed by atoms with Crippen molar-refractivity contribution in [1.82, 2.24) is 4.98 Å². The van der Waals surface area contributed by atoms with Crippen LogP contribution in [0.1, 0.15) is 16.1 Å². The smallest absolute Gasteiger partial charge is 0.274 e. The number of nitrogens with one attached hydrogen (secondary N) is 2. The second kappa shape index (κ2) is 8.11. The van der Waals surface area contributed by atoms with Gasteiger partial charge in [-0.3, -0.25) is 4.79 Å². The van der Waals surface area contributed by atoms with Crippen LogP contribution >= 0.6 is 0 Å². The first-order chi connectivity index (χ1) is 12.6. The van der Waals surface area contributed by atoms with E-state index in [1.807, 2.05) is 24.3 Å². The topological polar surface area (TPSA) is 63.2 Å². The van der Waals surface area contributed by atoms with Gasteiger partial charge in [0.15, 0.2) is 0 Å². The monoisotopic (exact) mass is 351 g/mol. The summed E-state index contributed by atoms with van der Waals surface area (Å²) < 4.78 is 18.3. The van der Waals surface area contributed by atoms with Crippen molar-refractivity contribution in [3.05, 3.63) is 83.9 Å². The number of aromatic nitrogens is 1. The van der Waals surface area contributed by atoms with Crippen molar-refractivity contribution in [3.8, 4) is 5.75 Å². The predicted octanol–water partition coefficient (Wildman–Crippen LogP) is 4.09. The van der Waals surface area contributed by atoms with Crippen molar-refractivity contribution in [1.29, 1.82) is 0 Å². The SMILES string of the molecule is COc1ccc(CNc2ccc(C(=O)Nc3cccc(F)c3)nc2)cc1. The molecule has 0 aliphatic rings. The van der Waals surface area contributed by atoms with Crippen molar-refractivity contribution < 1.29 is 13.9 Å². The van der Waals surface area contributed by atoms with Crippen LogP contribution in [0, 0.1) is 5.82 Å². The average Bonchev–Trinajstić information content (AvgIpc) is 2.67. The molecule has 0 bridgehead atoms. The lowest BCUT2D eigenvalue weighted by atomic mass is 10.2. The summed E-state index contributed by atoms with van der Waals surface area (Å²) in [4.78, 5) is 16.3. The van der Waals surface area contributed by atoms with Crippen LogP contribution in [0.4, 0.5) is 15.8 Å². The molecule has 3 rings (SSSR count). The number of anilines is 2. The lowest BCUT2D eigenvalue weighted by molar-refractivity contribution is 0.102. The summed E-state index contributed by atoms with van der Waals surface area (Å²) in [5.41, 5.74) is 2.53. The van der Waals surface area contributed by atoms with Gasteiger partial charge in [0.05, 0.1) is 19.0 Å².